The molecular formula is C20H27N3O3. The van der Waals surface area contributed by atoms with Crippen LogP contribution in [0.3, 0.4) is 0 Å². The number of rotatable bonds is 5. The van der Waals surface area contributed by atoms with Gasteiger partial charge in [0.1, 0.15) is 23.8 Å². The van der Waals surface area contributed by atoms with Crippen molar-refractivity contribution in [2.75, 3.05) is 13.7 Å². The number of nitrogens with one attached hydrogen (secondary N) is 1. The van der Waals surface area contributed by atoms with E-state index in [1.54, 1.807) is 7.11 Å². The van der Waals surface area contributed by atoms with Crippen molar-refractivity contribution in [1.29, 1.82) is 0 Å². The number of hydrogen-bond acceptors (Lipinski definition) is 4. The lowest BCUT2D eigenvalue weighted by Crippen LogP contribution is -2.30. The molecule has 0 aromatic carbocycles. The molecule has 0 spiro atoms. The van der Waals surface area contributed by atoms with Gasteiger partial charge in [0.2, 0.25) is 0 Å². The molecule has 1 atom stereocenters. The van der Waals surface area contributed by atoms with Crippen molar-refractivity contribution in [2.45, 2.75) is 63.5 Å². The van der Waals surface area contributed by atoms with Gasteiger partial charge in [-0.15, -0.1) is 0 Å². The maximum atomic E-state index is 13.0. The quantitative estimate of drug-likeness (QED) is 0.871. The fraction of sp³-hybridized carbons (Fsp3) is 0.600. The minimum atomic E-state index is -0.0112. The van der Waals surface area contributed by atoms with Crippen LogP contribution >= 0.6 is 0 Å². The van der Waals surface area contributed by atoms with Crippen LogP contribution in [-0.4, -0.2) is 34.7 Å². The SMILES string of the molecule is COCc1ccc(C2CCCN2C(=O)c2cc(C3CCCCC3)[nH]n2)o1. The van der Waals surface area contributed by atoms with Crippen molar-refractivity contribution in [3.8, 4) is 0 Å². The Balaban J connectivity index is 1.48. The highest BCUT2D eigenvalue weighted by Crippen LogP contribution is 2.35. The van der Waals surface area contributed by atoms with Crippen LogP contribution in [0.4, 0.5) is 0 Å². The van der Waals surface area contributed by atoms with E-state index in [0.29, 0.717) is 18.2 Å². The lowest BCUT2D eigenvalue weighted by Gasteiger charge is -2.22. The lowest BCUT2D eigenvalue weighted by atomic mass is 9.87. The van der Waals surface area contributed by atoms with Crippen LogP contribution < -0.4 is 0 Å². The van der Waals surface area contributed by atoms with E-state index in [4.69, 9.17) is 9.15 Å². The monoisotopic (exact) mass is 357 g/mol. The predicted octanol–water partition coefficient (Wildman–Crippen LogP) is 4.17. The third-order valence-corrected chi connectivity index (χ3v) is 5.67. The molecule has 2 aromatic heterocycles. The van der Waals surface area contributed by atoms with Gasteiger partial charge in [0.15, 0.2) is 0 Å². The summed E-state index contributed by atoms with van der Waals surface area (Å²) in [5.41, 5.74) is 1.64. The van der Waals surface area contributed by atoms with Crippen LogP contribution in [0.25, 0.3) is 0 Å². The average molecular weight is 357 g/mol. The first-order valence-corrected chi connectivity index (χ1v) is 9.70. The molecule has 1 N–H and O–H groups in total. The van der Waals surface area contributed by atoms with Crippen LogP contribution in [0.2, 0.25) is 0 Å². The fourth-order valence-corrected chi connectivity index (χ4v) is 4.32. The Morgan fingerprint density at radius 3 is 2.92 bits per heavy atom. The maximum absolute atomic E-state index is 13.0. The van der Waals surface area contributed by atoms with Gasteiger partial charge in [-0.25, -0.2) is 0 Å². The summed E-state index contributed by atoms with van der Waals surface area (Å²) in [5.74, 6) is 2.15. The molecule has 0 bridgehead atoms. The zero-order chi connectivity index (χ0) is 17.9. The molecule has 2 aromatic rings. The van der Waals surface area contributed by atoms with E-state index >= 15 is 0 Å². The molecule has 1 unspecified atom stereocenters. The molecule has 1 aliphatic heterocycles. The predicted molar refractivity (Wildman–Crippen MR) is 96.8 cm³/mol. The molecule has 0 radical (unpaired) electrons. The Morgan fingerprint density at radius 1 is 1.27 bits per heavy atom. The fourth-order valence-electron chi connectivity index (χ4n) is 4.32. The molecule has 1 aliphatic carbocycles. The number of aromatic amines is 1. The van der Waals surface area contributed by atoms with Crippen molar-refractivity contribution < 1.29 is 13.9 Å². The molecule has 3 heterocycles. The zero-order valence-corrected chi connectivity index (χ0v) is 15.4. The number of carbonyl (C=O) groups excluding carboxylic acids is 1. The summed E-state index contributed by atoms with van der Waals surface area (Å²) in [4.78, 5) is 14.9. The van der Waals surface area contributed by atoms with E-state index in [1.165, 1.54) is 32.1 Å². The number of aromatic nitrogens is 2. The number of nitrogens with zero attached hydrogens (tertiary/aromatic N) is 2. The van der Waals surface area contributed by atoms with E-state index in [9.17, 15) is 4.79 Å². The van der Waals surface area contributed by atoms with E-state index in [0.717, 1.165) is 36.6 Å². The second-order valence-corrected chi connectivity index (χ2v) is 7.44. The molecule has 140 valence electrons. The molecule has 1 saturated heterocycles. The second-order valence-electron chi connectivity index (χ2n) is 7.44. The smallest absolute Gasteiger partial charge is 0.274 e. The van der Waals surface area contributed by atoms with Crippen molar-refractivity contribution >= 4 is 5.91 Å². The number of carbonyl (C=O) groups is 1. The third kappa shape index (κ3) is 3.43. The molecule has 2 fully saturated rings. The molecule has 26 heavy (non-hydrogen) atoms. The number of hydrogen-bond donors (Lipinski definition) is 1. The summed E-state index contributed by atoms with van der Waals surface area (Å²) in [6, 6.07) is 5.84. The molecule has 4 rings (SSSR count). The van der Waals surface area contributed by atoms with E-state index in [2.05, 4.69) is 10.2 Å². The summed E-state index contributed by atoms with van der Waals surface area (Å²) in [7, 11) is 1.65. The van der Waals surface area contributed by atoms with Crippen LogP contribution in [0.15, 0.2) is 22.6 Å². The minimum absolute atomic E-state index is 0.00417. The standard InChI is InChI=1S/C20H27N3O3/c1-25-13-15-9-10-19(26-15)18-8-5-11-23(18)20(24)17-12-16(21-22-17)14-6-3-2-4-7-14/h9-10,12,14,18H,2-8,11,13H2,1H3,(H,21,22). The molecular weight excluding hydrogens is 330 g/mol. The highest BCUT2D eigenvalue weighted by atomic mass is 16.5. The zero-order valence-electron chi connectivity index (χ0n) is 15.4. The van der Waals surface area contributed by atoms with E-state index in [1.807, 2.05) is 23.1 Å². The largest absolute Gasteiger partial charge is 0.461 e. The van der Waals surface area contributed by atoms with Gasteiger partial charge < -0.3 is 14.1 Å². The first kappa shape index (κ1) is 17.3. The number of furan rings is 1. The normalized spacial score (nSPS) is 21.4. The van der Waals surface area contributed by atoms with Crippen molar-refractivity contribution in [3.05, 3.63) is 41.1 Å². The van der Waals surface area contributed by atoms with Crippen molar-refractivity contribution in [1.82, 2.24) is 15.1 Å². The molecule has 1 saturated carbocycles. The number of H-pyrrole nitrogens is 1. The first-order valence-electron chi connectivity index (χ1n) is 9.70. The Morgan fingerprint density at radius 2 is 2.12 bits per heavy atom. The summed E-state index contributed by atoms with van der Waals surface area (Å²) in [5, 5.41) is 7.45. The van der Waals surface area contributed by atoms with Gasteiger partial charge in [-0.3, -0.25) is 9.89 Å². The molecule has 6 heteroatoms. The topological polar surface area (TPSA) is 71.4 Å². The van der Waals surface area contributed by atoms with Gasteiger partial charge in [-0.2, -0.15) is 5.10 Å². The van der Waals surface area contributed by atoms with Crippen molar-refractivity contribution in [3.63, 3.8) is 0 Å². The van der Waals surface area contributed by atoms with Gasteiger partial charge in [0, 0.05) is 25.3 Å². The molecule has 6 nitrogen and oxygen atoms in total. The molecule has 2 aliphatic rings. The number of amides is 1. The lowest BCUT2D eigenvalue weighted by molar-refractivity contribution is 0.0710. The number of methoxy groups -OCH3 is 1. The number of likely N-dealkylation sites (tertiary alicyclic amines) is 1. The third-order valence-electron chi connectivity index (χ3n) is 5.67. The van der Waals surface area contributed by atoms with Gasteiger partial charge in [0.05, 0.1) is 6.04 Å². The second kappa shape index (κ2) is 7.66. The van der Waals surface area contributed by atoms with E-state index in [-0.39, 0.29) is 11.9 Å². The molecule has 1 amide bonds. The average Bonchev–Trinajstić information content (AvgIpc) is 3.42. The Bertz CT molecular complexity index is 745. The Labute approximate surface area is 153 Å². The van der Waals surface area contributed by atoms with Gasteiger partial charge >= 0.3 is 0 Å². The van der Waals surface area contributed by atoms with Crippen LogP contribution in [0.1, 0.15) is 84.6 Å². The van der Waals surface area contributed by atoms with Gasteiger partial charge in [-0.05, 0) is 43.9 Å². The summed E-state index contributed by atoms with van der Waals surface area (Å²) < 4.78 is 11.0. The van der Waals surface area contributed by atoms with E-state index < -0.39 is 0 Å². The highest BCUT2D eigenvalue weighted by Gasteiger charge is 2.34. The van der Waals surface area contributed by atoms with Crippen LogP contribution in [0, 0.1) is 0 Å². The van der Waals surface area contributed by atoms with Crippen LogP contribution in [0.5, 0.6) is 0 Å². The van der Waals surface area contributed by atoms with Gasteiger partial charge in [0.25, 0.3) is 5.91 Å². The highest BCUT2D eigenvalue weighted by molar-refractivity contribution is 5.92. The summed E-state index contributed by atoms with van der Waals surface area (Å²) in [6.07, 6.45) is 8.14. The first-order chi connectivity index (χ1) is 12.8. The Hall–Kier alpha value is -2.08. The minimum Gasteiger partial charge on any atom is -0.461 e. The maximum Gasteiger partial charge on any atom is 0.274 e. The van der Waals surface area contributed by atoms with Gasteiger partial charge in [-0.1, -0.05) is 19.3 Å². The number of ether oxygens (including phenoxy) is 1. The van der Waals surface area contributed by atoms with Crippen LogP contribution in [-0.2, 0) is 11.3 Å². The summed E-state index contributed by atoms with van der Waals surface area (Å²) >= 11 is 0. The summed E-state index contributed by atoms with van der Waals surface area (Å²) in [6.45, 7) is 1.19. The Kier molecular flexibility index (Phi) is 5.11. The van der Waals surface area contributed by atoms with Crippen molar-refractivity contribution in [2.24, 2.45) is 0 Å².